The molecule has 2 aromatic rings. The summed E-state index contributed by atoms with van der Waals surface area (Å²) in [6, 6.07) is 1.96. The lowest BCUT2D eigenvalue weighted by Crippen LogP contribution is -2.30. The SMILES string of the molecule is CC(Oc1cc(B(O)O)cnc1N)c1ncc(F)cc1F. The molecule has 9 heteroatoms. The van der Waals surface area contributed by atoms with E-state index < -0.39 is 24.9 Å². The highest BCUT2D eigenvalue weighted by molar-refractivity contribution is 6.58. The molecule has 0 aliphatic rings. The first-order chi connectivity index (χ1) is 9.88. The Hall–Kier alpha value is -2.26. The Balaban J connectivity index is 2.26. The number of rotatable bonds is 4. The van der Waals surface area contributed by atoms with Gasteiger partial charge in [-0.05, 0) is 13.0 Å². The van der Waals surface area contributed by atoms with E-state index in [-0.39, 0.29) is 22.7 Å². The average molecular weight is 295 g/mol. The van der Waals surface area contributed by atoms with Gasteiger partial charge in [0.2, 0.25) is 0 Å². The fraction of sp³-hybridized carbons (Fsp3) is 0.167. The van der Waals surface area contributed by atoms with Crippen molar-refractivity contribution in [1.82, 2.24) is 9.97 Å². The predicted molar refractivity (Wildman–Crippen MR) is 71.7 cm³/mol. The highest BCUT2D eigenvalue weighted by Gasteiger charge is 2.19. The third-order valence-corrected chi connectivity index (χ3v) is 2.73. The Morgan fingerprint density at radius 3 is 2.57 bits per heavy atom. The number of nitrogens with zero attached hydrogens (tertiary/aromatic N) is 2. The van der Waals surface area contributed by atoms with Crippen molar-refractivity contribution < 1.29 is 23.6 Å². The van der Waals surface area contributed by atoms with Crippen LogP contribution in [0.15, 0.2) is 24.5 Å². The summed E-state index contributed by atoms with van der Waals surface area (Å²) in [6.45, 7) is 1.49. The molecule has 0 spiro atoms. The summed E-state index contributed by atoms with van der Waals surface area (Å²) in [5, 5.41) is 18.1. The molecule has 2 rings (SSSR count). The van der Waals surface area contributed by atoms with Gasteiger partial charge in [-0.1, -0.05) is 0 Å². The van der Waals surface area contributed by atoms with Crippen LogP contribution in [0.25, 0.3) is 0 Å². The number of nitrogens with two attached hydrogens (primary N) is 1. The number of aromatic nitrogens is 2. The maximum atomic E-state index is 13.6. The molecule has 2 aromatic heterocycles. The van der Waals surface area contributed by atoms with E-state index in [9.17, 15) is 8.78 Å². The molecule has 21 heavy (non-hydrogen) atoms. The monoisotopic (exact) mass is 295 g/mol. The first kappa shape index (κ1) is 15.1. The Morgan fingerprint density at radius 1 is 1.24 bits per heavy atom. The Labute approximate surface area is 119 Å². The van der Waals surface area contributed by atoms with Crippen molar-refractivity contribution in [2.24, 2.45) is 0 Å². The van der Waals surface area contributed by atoms with E-state index in [4.69, 9.17) is 20.5 Å². The van der Waals surface area contributed by atoms with Crippen molar-refractivity contribution in [3.8, 4) is 5.75 Å². The molecule has 0 amide bonds. The van der Waals surface area contributed by atoms with E-state index in [2.05, 4.69) is 9.97 Å². The van der Waals surface area contributed by atoms with Crippen LogP contribution >= 0.6 is 0 Å². The zero-order valence-electron chi connectivity index (χ0n) is 11.0. The van der Waals surface area contributed by atoms with Crippen LogP contribution in [0, 0.1) is 11.6 Å². The molecule has 0 saturated carbocycles. The van der Waals surface area contributed by atoms with Crippen LogP contribution in [-0.4, -0.2) is 27.1 Å². The van der Waals surface area contributed by atoms with E-state index in [0.717, 1.165) is 6.20 Å². The van der Waals surface area contributed by atoms with Gasteiger partial charge in [0, 0.05) is 17.7 Å². The van der Waals surface area contributed by atoms with Crippen molar-refractivity contribution in [2.75, 3.05) is 5.73 Å². The standard InChI is InChI=1S/C12H12BF2N3O3/c1-6(11-9(15)3-8(14)5-17-11)21-10-2-7(13(19)20)4-18-12(10)16/h2-6,19-20H,1H3,(H2,16,18). The molecule has 0 saturated heterocycles. The number of anilines is 1. The van der Waals surface area contributed by atoms with Crippen molar-refractivity contribution in [3.05, 3.63) is 41.9 Å². The van der Waals surface area contributed by atoms with Crippen molar-refractivity contribution in [1.29, 1.82) is 0 Å². The van der Waals surface area contributed by atoms with Gasteiger partial charge in [-0.2, -0.15) is 0 Å². The molecule has 6 nitrogen and oxygen atoms in total. The smallest absolute Gasteiger partial charge is 0.480 e. The number of hydrogen-bond donors (Lipinski definition) is 3. The van der Waals surface area contributed by atoms with Gasteiger partial charge in [0.15, 0.2) is 17.4 Å². The fourth-order valence-electron chi connectivity index (χ4n) is 1.68. The van der Waals surface area contributed by atoms with E-state index in [0.29, 0.717) is 6.07 Å². The summed E-state index contributed by atoms with van der Waals surface area (Å²) < 4.78 is 31.8. The highest BCUT2D eigenvalue weighted by Crippen LogP contribution is 2.25. The largest absolute Gasteiger partial charge is 0.490 e. The van der Waals surface area contributed by atoms with Crippen LogP contribution < -0.4 is 15.9 Å². The second-order valence-corrected chi connectivity index (χ2v) is 4.31. The molecule has 1 unspecified atom stereocenters. The minimum Gasteiger partial charge on any atom is -0.480 e. The predicted octanol–water partition coefficient (Wildman–Crippen LogP) is 0.157. The van der Waals surface area contributed by atoms with Gasteiger partial charge in [0.1, 0.15) is 17.6 Å². The Bertz CT molecular complexity index is 658. The highest BCUT2D eigenvalue weighted by atomic mass is 19.1. The van der Waals surface area contributed by atoms with Gasteiger partial charge in [0.05, 0.1) is 6.20 Å². The molecule has 0 aliphatic heterocycles. The van der Waals surface area contributed by atoms with E-state index in [1.165, 1.54) is 19.2 Å². The van der Waals surface area contributed by atoms with Crippen molar-refractivity contribution in [3.63, 3.8) is 0 Å². The van der Waals surface area contributed by atoms with Crippen LogP contribution in [0.2, 0.25) is 0 Å². The summed E-state index contributed by atoms with van der Waals surface area (Å²) in [5.41, 5.74) is 5.57. The minimum absolute atomic E-state index is 0.00577. The maximum Gasteiger partial charge on any atom is 0.490 e. The Kier molecular flexibility index (Phi) is 4.34. The van der Waals surface area contributed by atoms with Gasteiger partial charge >= 0.3 is 7.12 Å². The number of pyridine rings is 2. The fourth-order valence-corrected chi connectivity index (χ4v) is 1.68. The molecular formula is C12H12BF2N3O3. The lowest BCUT2D eigenvalue weighted by Gasteiger charge is -2.16. The van der Waals surface area contributed by atoms with Gasteiger partial charge in [-0.25, -0.2) is 13.8 Å². The van der Waals surface area contributed by atoms with Gasteiger partial charge in [-0.3, -0.25) is 4.98 Å². The third-order valence-electron chi connectivity index (χ3n) is 2.73. The average Bonchev–Trinajstić information content (AvgIpc) is 2.40. The van der Waals surface area contributed by atoms with Crippen LogP contribution in [0.1, 0.15) is 18.7 Å². The summed E-state index contributed by atoms with van der Waals surface area (Å²) in [6.07, 6.45) is 1.17. The molecular weight excluding hydrogens is 283 g/mol. The number of hydrogen-bond acceptors (Lipinski definition) is 6. The van der Waals surface area contributed by atoms with E-state index in [1.54, 1.807) is 0 Å². The number of ether oxygens (including phenoxy) is 1. The molecule has 1 atom stereocenters. The molecule has 0 bridgehead atoms. The quantitative estimate of drug-likeness (QED) is 0.694. The van der Waals surface area contributed by atoms with Gasteiger partial charge in [-0.15, -0.1) is 0 Å². The summed E-state index contributed by atoms with van der Waals surface area (Å²) in [4.78, 5) is 7.37. The molecule has 0 fully saturated rings. The lowest BCUT2D eigenvalue weighted by molar-refractivity contribution is 0.216. The molecule has 2 heterocycles. The second-order valence-electron chi connectivity index (χ2n) is 4.31. The van der Waals surface area contributed by atoms with Crippen molar-refractivity contribution >= 4 is 18.4 Å². The zero-order valence-corrected chi connectivity index (χ0v) is 11.0. The number of halogens is 2. The number of nitrogen functional groups attached to an aromatic ring is 1. The molecule has 110 valence electrons. The summed E-state index contributed by atoms with van der Waals surface area (Å²) in [5.74, 6) is -1.62. The third kappa shape index (κ3) is 3.44. The molecule has 4 N–H and O–H groups in total. The first-order valence-corrected chi connectivity index (χ1v) is 5.97. The second kappa shape index (κ2) is 6.02. The van der Waals surface area contributed by atoms with E-state index in [1.807, 2.05) is 0 Å². The maximum absolute atomic E-state index is 13.6. The van der Waals surface area contributed by atoms with Gasteiger partial charge < -0.3 is 20.5 Å². The zero-order chi connectivity index (χ0) is 15.6. The summed E-state index contributed by atoms with van der Waals surface area (Å²) in [7, 11) is -1.74. The van der Waals surface area contributed by atoms with E-state index >= 15 is 0 Å². The topological polar surface area (TPSA) is 101 Å². The van der Waals surface area contributed by atoms with Crippen LogP contribution in [-0.2, 0) is 0 Å². The molecule has 0 aromatic carbocycles. The summed E-state index contributed by atoms with van der Waals surface area (Å²) >= 11 is 0. The minimum atomic E-state index is -1.74. The molecule has 0 radical (unpaired) electrons. The van der Waals surface area contributed by atoms with Crippen LogP contribution in [0.4, 0.5) is 14.6 Å². The Morgan fingerprint density at radius 2 is 1.95 bits per heavy atom. The van der Waals surface area contributed by atoms with Crippen molar-refractivity contribution in [2.45, 2.75) is 13.0 Å². The molecule has 0 aliphatic carbocycles. The first-order valence-electron chi connectivity index (χ1n) is 5.97. The van der Waals surface area contributed by atoms with Crippen LogP contribution in [0.5, 0.6) is 5.75 Å². The van der Waals surface area contributed by atoms with Gasteiger partial charge in [0.25, 0.3) is 0 Å². The normalized spacial score (nSPS) is 12.0. The van der Waals surface area contributed by atoms with Crippen LogP contribution in [0.3, 0.4) is 0 Å². The lowest BCUT2D eigenvalue weighted by atomic mass is 9.81.